The van der Waals surface area contributed by atoms with Gasteiger partial charge in [-0.05, 0) is 0 Å². The Balaban J connectivity index is 0.000001000. The fourth-order valence-electron chi connectivity index (χ4n) is 0.628. The van der Waals surface area contributed by atoms with Crippen molar-refractivity contribution in [3.8, 4) is 0 Å². The summed E-state index contributed by atoms with van der Waals surface area (Å²) < 4.78 is 2.29. The molecule has 1 radical (unpaired) electrons. The van der Waals surface area contributed by atoms with Gasteiger partial charge >= 0.3 is 25.2 Å². The first-order valence-corrected chi connectivity index (χ1v) is 2.77. The van der Waals surface area contributed by atoms with Crippen molar-refractivity contribution in [3.63, 3.8) is 0 Å². The van der Waals surface area contributed by atoms with Gasteiger partial charge < -0.3 is 15.4 Å². The SMILES string of the molecule is Cn1c[c-]c(=O)n(C)c1=O.[Ru+]. The molecule has 0 spiro atoms. The summed E-state index contributed by atoms with van der Waals surface area (Å²) in [5.41, 5.74) is -0.730. The third kappa shape index (κ3) is 1.87. The van der Waals surface area contributed by atoms with E-state index in [2.05, 4.69) is 6.07 Å². The van der Waals surface area contributed by atoms with Crippen LogP contribution in [-0.2, 0) is 33.6 Å². The molecule has 0 unspecified atom stereocenters. The van der Waals surface area contributed by atoms with Gasteiger partial charge in [-0.15, -0.1) is 0 Å². The van der Waals surface area contributed by atoms with Crippen molar-refractivity contribution in [2.45, 2.75) is 0 Å². The van der Waals surface area contributed by atoms with E-state index in [1.807, 2.05) is 0 Å². The zero-order chi connectivity index (χ0) is 7.72. The molecule has 0 aliphatic rings. The molecule has 1 rings (SSSR count). The molecular formula is C6H7N2O2Ru. The number of aryl methyl sites for hydroxylation is 1. The van der Waals surface area contributed by atoms with Gasteiger partial charge in [0.05, 0.1) is 5.56 Å². The smallest absolute Gasteiger partial charge is 0.386 e. The van der Waals surface area contributed by atoms with Crippen molar-refractivity contribution in [1.82, 2.24) is 9.13 Å². The Labute approximate surface area is 76.2 Å². The molecule has 0 fully saturated rings. The maximum absolute atomic E-state index is 10.9. The second kappa shape index (κ2) is 3.62. The van der Waals surface area contributed by atoms with Gasteiger partial charge in [-0.3, -0.25) is 4.57 Å². The Morgan fingerprint density at radius 2 is 1.91 bits per heavy atom. The molecule has 1 aromatic heterocycles. The summed E-state index contributed by atoms with van der Waals surface area (Å²) in [6, 6.07) is 2.38. The molecule has 0 bridgehead atoms. The minimum absolute atomic E-state index is 0. The number of nitrogens with zero attached hydrogens (tertiary/aromatic N) is 2. The number of hydrogen-bond donors (Lipinski definition) is 0. The summed E-state index contributed by atoms with van der Waals surface area (Å²) in [6.45, 7) is 0. The zero-order valence-corrected chi connectivity index (χ0v) is 7.88. The van der Waals surface area contributed by atoms with Gasteiger partial charge in [0, 0.05) is 14.1 Å². The van der Waals surface area contributed by atoms with Crippen LogP contribution in [-0.4, -0.2) is 9.13 Å². The molecule has 0 atom stereocenters. The van der Waals surface area contributed by atoms with E-state index >= 15 is 0 Å². The molecule has 0 amide bonds. The van der Waals surface area contributed by atoms with Crippen LogP contribution in [0.2, 0.25) is 0 Å². The third-order valence-corrected chi connectivity index (χ3v) is 1.27. The third-order valence-electron chi connectivity index (χ3n) is 1.27. The van der Waals surface area contributed by atoms with Crippen molar-refractivity contribution in [2.75, 3.05) is 0 Å². The van der Waals surface area contributed by atoms with Crippen LogP contribution in [0.15, 0.2) is 15.8 Å². The zero-order valence-electron chi connectivity index (χ0n) is 6.14. The van der Waals surface area contributed by atoms with Crippen LogP contribution in [0.3, 0.4) is 0 Å². The quantitative estimate of drug-likeness (QED) is 0.426. The minimum Gasteiger partial charge on any atom is -0.386 e. The minimum atomic E-state index is -0.400. The summed E-state index contributed by atoms with van der Waals surface area (Å²) in [5.74, 6) is 0. The Hall–Kier alpha value is -0.697. The molecule has 61 valence electrons. The number of rotatable bonds is 0. The second-order valence-electron chi connectivity index (χ2n) is 2.03. The summed E-state index contributed by atoms with van der Waals surface area (Å²) in [7, 11) is 2.99. The topological polar surface area (TPSA) is 44.0 Å². The first kappa shape index (κ1) is 10.3. The van der Waals surface area contributed by atoms with Crippen LogP contribution in [0.25, 0.3) is 0 Å². The monoisotopic (exact) mass is 241 g/mol. The van der Waals surface area contributed by atoms with Crippen LogP contribution in [0.5, 0.6) is 0 Å². The van der Waals surface area contributed by atoms with Gasteiger partial charge in [0.2, 0.25) is 0 Å². The predicted octanol–water partition coefficient (Wildman–Crippen LogP) is -1.12. The summed E-state index contributed by atoms with van der Waals surface area (Å²) in [4.78, 5) is 21.6. The maximum atomic E-state index is 10.9. The second-order valence-corrected chi connectivity index (χ2v) is 2.03. The molecule has 4 nitrogen and oxygen atoms in total. The first-order valence-electron chi connectivity index (χ1n) is 2.77. The van der Waals surface area contributed by atoms with Crippen LogP contribution in [0.1, 0.15) is 0 Å². The first-order chi connectivity index (χ1) is 4.63. The molecular weight excluding hydrogens is 233 g/mol. The van der Waals surface area contributed by atoms with Gasteiger partial charge in [0.15, 0.2) is 0 Å². The molecule has 11 heavy (non-hydrogen) atoms. The molecule has 0 saturated carbocycles. The average Bonchev–Trinajstić information content (AvgIpc) is 1.93. The van der Waals surface area contributed by atoms with Gasteiger partial charge in [0.1, 0.15) is 0 Å². The summed E-state index contributed by atoms with van der Waals surface area (Å²) in [5, 5.41) is 0. The molecule has 0 N–H and O–H groups in total. The van der Waals surface area contributed by atoms with Crippen LogP contribution in [0, 0.1) is 6.07 Å². The molecule has 0 aliphatic heterocycles. The van der Waals surface area contributed by atoms with E-state index < -0.39 is 5.56 Å². The van der Waals surface area contributed by atoms with Crippen LogP contribution < -0.4 is 11.2 Å². The Bertz CT molecular complexity index is 352. The van der Waals surface area contributed by atoms with Crippen molar-refractivity contribution in [3.05, 3.63) is 33.1 Å². The van der Waals surface area contributed by atoms with E-state index in [4.69, 9.17) is 0 Å². The van der Waals surface area contributed by atoms with E-state index in [9.17, 15) is 9.59 Å². The van der Waals surface area contributed by atoms with Gasteiger partial charge in [-0.25, -0.2) is 4.79 Å². The molecule has 5 heteroatoms. The van der Waals surface area contributed by atoms with Crippen molar-refractivity contribution in [2.24, 2.45) is 14.1 Å². The van der Waals surface area contributed by atoms with E-state index in [1.54, 1.807) is 7.05 Å². The number of aromatic nitrogens is 2. The van der Waals surface area contributed by atoms with Crippen molar-refractivity contribution in [1.29, 1.82) is 0 Å². The van der Waals surface area contributed by atoms with Crippen LogP contribution >= 0.6 is 0 Å². The van der Waals surface area contributed by atoms with E-state index in [1.165, 1.54) is 17.8 Å². The van der Waals surface area contributed by atoms with E-state index in [0.717, 1.165) is 4.57 Å². The van der Waals surface area contributed by atoms with Gasteiger partial charge in [-0.2, -0.15) is 6.20 Å². The molecule has 0 aromatic carbocycles. The van der Waals surface area contributed by atoms with Gasteiger partial charge in [0.25, 0.3) is 0 Å². The fourth-order valence-corrected chi connectivity index (χ4v) is 0.628. The largest absolute Gasteiger partial charge is 1.00 e. The summed E-state index contributed by atoms with van der Waals surface area (Å²) in [6.07, 6.45) is 1.32. The van der Waals surface area contributed by atoms with E-state index in [-0.39, 0.29) is 25.2 Å². The number of hydrogen-bond acceptors (Lipinski definition) is 2. The molecule has 1 aromatic rings. The Morgan fingerprint density at radius 3 is 2.36 bits per heavy atom. The Morgan fingerprint density at radius 1 is 1.36 bits per heavy atom. The van der Waals surface area contributed by atoms with Gasteiger partial charge in [-0.1, -0.05) is 0 Å². The predicted molar refractivity (Wildman–Crippen MR) is 35.8 cm³/mol. The maximum Gasteiger partial charge on any atom is 1.00 e. The van der Waals surface area contributed by atoms with Crippen LogP contribution in [0.4, 0.5) is 0 Å². The Kier molecular flexibility index (Phi) is 3.39. The molecule has 0 saturated heterocycles. The van der Waals surface area contributed by atoms with E-state index in [0.29, 0.717) is 0 Å². The molecule has 1 heterocycles. The normalized spacial score (nSPS) is 8.91. The summed E-state index contributed by atoms with van der Waals surface area (Å²) >= 11 is 0. The fraction of sp³-hybridized carbons (Fsp3) is 0.333. The van der Waals surface area contributed by atoms with Crippen molar-refractivity contribution >= 4 is 0 Å². The average molecular weight is 240 g/mol. The van der Waals surface area contributed by atoms with Crippen molar-refractivity contribution < 1.29 is 19.5 Å². The standard InChI is InChI=1S/C6H7N2O2.Ru/c1-7-4-3-5(9)8(2)6(7)10;/h4H,1-2H3;/q-1;+1. The molecule has 0 aliphatic carbocycles.